The molecule has 0 atom stereocenters. The molecule has 2 heterocycles. The monoisotopic (exact) mass is 434 g/mol. The van der Waals surface area contributed by atoms with Crippen LogP contribution < -0.4 is 10.9 Å². The van der Waals surface area contributed by atoms with Crippen LogP contribution in [0, 0.1) is 5.41 Å². The molecule has 6 nitrogen and oxygen atoms in total. The van der Waals surface area contributed by atoms with E-state index in [0.717, 1.165) is 21.0 Å². The van der Waals surface area contributed by atoms with Crippen molar-refractivity contribution in [1.29, 1.82) is 5.41 Å². The molecule has 2 aromatic heterocycles. The standard InChI is InChI=1S/C24H22N2O4S/c1-4-29-24(28)18-12-20(13(2)3)31-23(18)26-22(27)17-11-16-15-8-6-5-7-14(15)9-10-19(16)30-21(17)25/h5-13,25H,4H2,1-3H3,(H,26,27). The summed E-state index contributed by atoms with van der Waals surface area (Å²) in [6, 6.07) is 14.9. The van der Waals surface area contributed by atoms with Crippen molar-refractivity contribution >= 4 is 50.0 Å². The van der Waals surface area contributed by atoms with Gasteiger partial charge in [0.25, 0.3) is 5.91 Å². The number of anilines is 1. The van der Waals surface area contributed by atoms with Crippen molar-refractivity contribution in [3.63, 3.8) is 0 Å². The number of ether oxygens (including phenoxy) is 1. The second kappa shape index (κ2) is 8.35. The van der Waals surface area contributed by atoms with E-state index in [1.54, 1.807) is 25.1 Å². The topological polar surface area (TPSA) is 92.4 Å². The Balaban J connectivity index is 1.77. The SMILES string of the molecule is CCOC(=O)c1cc(C(C)C)sc1NC(=O)c1cc2c(ccc3ccccc32)oc1=N. The number of carbonyl (C=O) groups is 2. The van der Waals surface area contributed by atoms with Crippen molar-refractivity contribution in [3.8, 4) is 0 Å². The van der Waals surface area contributed by atoms with Crippen LogP contribution in [0.5, 0.6) is 0 Å². The number of hydrogen-bond donors (Lipinski definition) is 2. The van der Waals surface area contributed by atoms with Crippen LogP contribution in [0.15, 0.2) is 52.9 Å². The molecule has 0 saturated carbocycles. The molecule has 7 heteroatoms. The number of amides is 1. The Hall–Kier alpha value is -3.45. The number of fused-ring (bicyclic) bond motifs is 3. The highest BCUT2D eigenvalue weighted by atomic mass is 32.1. The third-order valence-corrected chi connectivity index (χ3v) is 6.31. The van der Waals surface area contributed by atoms with Gasteiger partial charge in [0.1, 0.15) is 16.1 Å². The lowest BCUT2D eigenvalue weighted by atomic mass is 10.0. The van der Waals surface area contributed by atoms with Gasteiger partial charge in [-0.25, -0.2) is 4.79 Å². The summed E-state index contributed by atoms with van der Waals surface area (Å²) in [4.78, 5) is 26.4. The van der Waals surface area contributed by atoms with Gasteiger partial charge in [-0.3, -0.25) is 10.2 Å². The summed E-state index contributed by atoms with van der Waals surface area (Å²) in [5.41, 5.74) is 0.709. The first-order valence-electron chi connectivity index (χ1n) is 10.0. The molecule has 0 fully saturated rings. The highest BCUT2D eigenvalue weighted by Gasteiger charge is 2.22. The minimum Gasteiger partial charge on any atom is -0.462 e. The van der Waals surface area contributed by atoms with E-state index in [4.69, 9.17) is 14.6 Å². The van der Waals surface area contributed by atoms with Gasteiger partial charge in [0, 0.05) is 10.3 Å². The van der Waals surface area contributed by atoms with Crippen LogP contribution in [0.4, 0.5) is 5.00 Å². The molecule has 0 unspecified atom stereocenters. The number of hydrogen-bond acceptors (Lipinski definition) is 6. The molecule has 158 valence electrons. The molecule has 2 N–H and O–H groups in total. The summed E-state index contributed by atoms with van der Waals surface area (Å²) in [7, 11) is 0. The highest BCUT2D eigenvalue weighted by molar-refractivity contribution is 7.16. The lowest BCUT2D eigenvalue weighted by molar-refractivity contribution is 0.0528. The van der Waals surface area contributed by atoms with Crippen LogP contribution in [-0.4, -0.2) is 18.5 Å². The van der Waals surface area contributed by atoms with Crippen LogP contribution >= 0.6 is 11.3 Å². The van der Waals surface area contributed by atoms with Gasteiger partial charge in [-0.05, 0) is 41.8 Å². The maximum atomic E-state index is 13.1. The van der Waals surface area contributed by atoms with Gasteiger partial charge < -0.3 is 14.5 Å². The molecule has 2 aromatic carbocycles. The van der Waals surface area contributed by atoms with Crippen molar-refractivity contribution in [3.05, 3.63) is 70.1 Å². The molecule has 1 amide bonds. The van der Waals surface area contributed by atoms with Gasteiger partial charge in [-0.2, -0.15) is 0 Å². The first-order chi connectivity index (χ1) is 14.9. The van der Waals surface area contributed by atoms with Gasteiger partial charge in [-0.1, -0.05) is 44.2 Å². The summed E-state index contributed by atoms with van der Waals surface area (Å²) in [5.74, 6) is -0.801. The average Bonchev–Trinajstić information content (AvgIpc) is 3.17. The second-order valence-corrected chi connectivity index (χ2v) is 8.49. The molecule has 0 aliphatic rings. The van der Waals surface area contributed by atoms with Crippen LogP contribution in [0.3, 0.4) is 0 Å². The van der Waals surface area contributed by atoms with Crippen molar-refractivity contribution in [2.75, 3.05) is 11.9 Å². The number of carbonyl (C=O) groups excluding carboxylic acids is 2. The van der Waals surface area contributed by atoms with Gasteiger partial charge in [0.05, 0.1) is 12.2 Å². The maximum Gasteiger partial charge on any atom is 0.341 e. The number of benzene rings is 2. The Morgan fingerprint density at radius 1 is 1.10 bits per heavy atom. The number of thiophene rings is 1. The van der Waals surface area contributed by atoms with Crippen LogP contribution in [-0.2, 0) is 4.74 Å². The van der Waals surface area contributed by atoms with Gasteiger partial charge >= 0.3 is 5.97 Å². The van der Waals surface area contributed by atoms with E-state index in [-0.39, 0.29) is 23.6 Å². The van der Waals surface area contributed by atoms with Crippen molar-refractivity contribution in [2.24, 2.45) is 0 Å². The fourth-order valence-corrected chi connectivity index (χ4v) is 4.42. The fourth-order valence-electron chi connectivity index (χ4n) is 3.38. The molecule has 0 radical (unpaired) electrons. The van der Waals surface area contributed by atoms with E-state index in [9.17, 15) is 9.59 Å². The van der Waals surface area contributed by atoms with Crippen molar-refractivity contribution in [2.45, 2.75) is 26.7 Å². The quantitative estimate of drug-likeness (QED) is 0.312. The lowest BCUT2D eigenvalue weighted by Crippen LogP contribution is -2.21. The zero-order chi connectivity index (χ0) is 22.1. The van der Waals surface area contributed by atoms with Gasteiger partial charge in [0.2, 0.25) is 5.55 Å². The zero-order valence-electron chi connectivity index (χ0n) is 17.4. The zero-order valence-corrected chi connectivity index (χ0v) is 18.3. The van der Waals surface area contributed by atoms with Gasteiger partial charge in [-0.15, -0.1) is 11.3 Å². The van der Waals surface area contributed by atoms with E-state index < -0.39 is 11.9 Å². The minimum atomic E-state index is -0.508. The summed E-state index contributed by atoms with van der Waals surface area (Å²) >= 11 is 1.33. The molecule has 0 spiro atoms. The molecular formula is C24H22N2O4S. The summed E-state index contributed by atoms with van der Waals surface area (Å²) < 4.78 is 10.8. The lowest BCUT2D eigenvalue weighted by Gasteiger charge is -2.08. The van der Waals surface area contributed by atoms with Crippen molar-refractivity contribution in [1.82, 2.24) is 0 Å². The largest absolute Gasteiger partial charge is 0.462 e. The summed E-state index contributed by atoms with van der Waals surface area (Å²) in [6.07, 6.45) is 0. The minimum absolute atomic E-state index is 0.0955. The smallest absolute Gasteiger partial charge is 0.341 e. The Kier molecular flexibility index (Phi) is 5.61. The van der Waals surface area contributed by atoms with Crippen LogP contribution in [0.1, 0.15) is 52.3 Å². The molecular weight excluding hydrogens is 412 g/mol. The van der Waals surface area contributed by atoms with Gasteiger partial charge in [0.15, 0.2) is 0 Å². The fraction of sp³-hybridized carbons (Fsp3) is 0.208. The molecule has 4 rings (SSSR count). The Morgan fingerprint density at radius 2 is 1.87 bits per heavy atom. The van der Waals surface area contributed by atoms with E-state index in [1.165, 1.54) is 11.3 Å². The van der Waals surface area contributed by atoms with E-state index in [0.29, 0.717) is 16.1 Å². The Morgan fingerprint density at radius 3 is 2.61 bits per heavy atom. The molecule has 31 heavy (non-hydrogen) atoms. The average molecular weight is 435 g/mol. The number of nitrogens with one attached hydrogen (secondary N) is 2. The van der Waals surface area contributed by atoms with E-state index >= 15 is 0 Å². The highest BCUT2D eigenvalue weighted by Crippen LogP contribution is 2.34. The molecule has 4 aromatic rings. The van der Waals surface area contributed by atoms with E-state index in [2.05, 4.69) is 5.32 Å². The number of esters is 1. The normalized spacial score (nSPS) is 11.2. The third-order valence-electron chi connectivity index (χ3n) is 4.96. The molecule has 0 saturated heterocycles. The second-order valence-electron chi connectivity index (χ2n) is 7.41. The Bertz CT molecular complexity index is 1370. The van der Waals surface area contributed by atoms with Crippen LogP contribution in [0.25, 0.3) is 21.7 Å². The first kappa shape index (κ1) is 20.8. The molecule has 0 bridgehead atoms. The van der Waals surface area contributed by atoms with E-state index in [1.807, 2.05) is 44.2 Å². The van der Waals surface area contributed by atoms with Crippen LogP contribution in [0.2, 0.25) is 0 Å². The van der Waals surface area contributed by atoms with Crippen molar-refractivity contribution < 1.29 is 18.7 Å². The number of rotatable bonds is 5. The predicted octanol–water partition coefficient (Wildman–Crippen LogP) is 5.68. The summed E-state index contributed by atoms with van der Waals surface area (Å²) in [5, 5.41) is 14.1. The predicted molar refractivity (Wildman–Crippen MR) is 122 cm³/mol. The first-order valence-corrected chi connectivity index (χ1v) is 10.8. The molecule has 0 aliphatic carbocycles. The maximum absolute atomic E-state index is 13.1. The summed E-state index contributed by atoms with van der Waals surface area (Å²) in [6.45, 7) is 6.01. The third kappa shape index (κ3) is 3.96. The molecule has 0 aliphatic heterocycles. The Labute approximate surface area is 183 Å².